The molecular formula is C27H20O4. The molecular weight excluding hydrogens is 388 g/mol. The van der Waals surface area contributed by atoms with E-state index >= 15 is 0 Å². The van der Waals surface area contributed by atoms with Crippen molar-refractivity contribution in [1.82, 2.24) is 0 Å². The van der Waals surface area contributed by atoms with Gasteiger partial charge in [-0.2, -0.15) is 0 Å². The summed E-state index contributed by atoms with van der Waals surface area (Å²) in [7, 11) is 0. The van der Waals surface area contributed by atoms with E-state index in [1.165, 1.54) is 0 Å². The SMILES string of the molecule is O=C(O)c1ccc(Cc2ccc(C(=O)O)cc2-c2ccccc2)c(-c2ccccc2)c1. The maximum Gasteiger partial charge on any atom is 0.335 e. The van der Waals surface area contributed by atoms with Crippen LogP contribution < -0.4 is 0 Å². The third-order valence-corrected chi connectivity index (χ3v) is 5.26. The Balaban J connectivity index is 1.84. The Bertz CT molecular complexity index is 1150. The quantitative estimate of drug-likeness (QED) is 0.410. The first kappa shape index (κ1) is 20.1. The van der Waals surface area contributed by atoms with Crippen LogP contribution in [-0.2, 0) is 6.42 Å². The molecule has 0 radical (unpaired) electrons. The second kappa shape index (κ2) is 8.67. The van der Waals surface area contributed by atoms with Gasteiger partial charge in [0, 0.05) is 0 Å². The minimum absolute atomic E-state index is 0.229. The van der Waals surface area contributed by atoms with Gasteiger partial charge in [-0.25, -0.2) is 9.59 Å². The summed E-state index contributed by atoms with van der Waals surface area (Å²) in [5, 5.41) is 18.9. The fourth-order valence-corrected chi connectivity index (χ4v) is 3.71. The Morgan fingerprint density at radius 2 is 0.935 bits per heavy atom. The molecule has 0 saturated heterocycles. The van der Waals surface area contributed by atoms with Gasteiger partial charge in [0.1, 0.15) is 0 Å². The fourth-order valence-electron chi connectivity index (χ4n) is 3.71. The molecule has 4 aromatic rings. The Labute approximate surface area is 180 Å². The van der Waals surface area contributed by atoms with Gasteiger partial charge in [-0.05, 0) is 64.1 Å². The monoisotopic (exact) mass is 408 g/mol. The van der Waals surface area contributed by atoms with Crippen molar-refractivity contribution < 1.29 is 19.8 Å². The number of carboxylic acids is 2. The Hall–Kier alpha value is -4.18. The zero-order valence-electron chi connectivity index (χ0n) is 16.7. The first-order chi connectivity index (χ1) is 15.0. The van der Waals surface area contributed by atoms with Crippen molar-refractivity contribution in [2.45, 2.75) is 6.42 Å². The number of aromatic carboxylic acids is 2. The highest BCUT2D eigenvalue weighted by molar-refractivity contribution is 5.91. The summed E-state index contributed by atoms with van der Waals surface area (Å²) >= 11 is 0. The summed E-state index contributed by atoms with van der Waals surface area (Å²) in [6, 6.07) is 29.6. The lowest BCUT2D eigenvalue weighted by molar-refractivity contribution is 0.0686. The molecule has 0 bridgehead atoms. The molecule has 0 fully saturated rings. The van der Waals surface area contributed by atoms with Crippen LogP contribution in [0.1, 0.15) is 31.8 Å². The molecule has 0 aliphatic rings. The van der Waals surface area contributed by atoms with E-state index in [-0.39, 0.29) is 11.1 Å². The molecule has 4 rings (SSSR count). The van der Waals surface area contributed by atoms with E-state index in [9.17, 15) is 19.8 Å². The molecule has 4 heteroatoms. The Morgan fingerprint density at radius 1 is 0.548 bits per heavy atom. The van der Waals surface area contributed by atoms with E-state index in [4.69, 9.17) is 0 Å². The topological polar surface area (TPSA) is 74.6 Å². The van der Waals surface area contributed by atoms with Crippen molar-refractivity contribution in [3.8, 4) is 22.3 Å². The lowest BCUT2D eigenvalue weighted by atomic mass is 9.89. The second-order valence-electron chi connectivity index (χ2n) is 7.26. The molecule has 0 heterocycles. The predicted octanol–water partition coefficient (Wildman–Crippen LogP) is 6.01. The molecule has 4 nitrogen and oxygen atoms in total. The van der Waals surface area contributed by atoms with Crippen LogP contribution in [0.15, 0.2) is 97.1 Å². The fraction of sp³-hybridized carbons (Fsp3) is 0.0370. The van der Waals surface area contributed by atoms with Crippen molar-refractivity contribution >= 4 is 11.9 Å². The molecule has 0 saturated carbocycles. The molecule has 4 aromatic carbocycles. The van der Waals surface area contributed by atoms with Gasteiger partial charge >= 0.3 is 11.9 Å². The predicted molar refractivity (Wildman–Crippen MR) is 120 cm³/mol. The Kier molecular flexibility index (Phi) is 5.63. The van der Waals surface area contributed by atoms with Crippen LogP contribution in [0.25, 0.3) is 22.3 Å². The molecule has 0 spiro atoms. The minimum Gasteiger partial charge on any atom is -0.478 e. The molecule has 0 amide bonds. The summed E-state index contributed by atoms with van der Waals surface area (Å²) < 4.78 is 0. The van der Waals surface area contributed by atoms with Gasteiger partial charge in [-0.15, -0.1) is 0 Å². The van der Waals surface area contributed by atoms with Crippen LogP contribution in [0.3, 0.4) is 0 Å². The largest absolute Gasteiger partial charge is 0.478 e. The molecule has 2 N–H and O–H groups in total. The maximum atomic E-state index is 11.5. The normalized spacial score (nSPS) is 10.6. The van der Waals surface area contributed by atoms with Crippen LogP contribution in [0.5, 0.6) is 0 Å². The summed E-state index contributed by atoms with van der Waals surface area (Å²) in [5.41, 5.74) is 5.96. The number of rotatable bonds is 6. The molecule has 152 valence electrons. The van der Waals surface area contributed by atoms with Gasteiger partial charge in [0.15, 0.2) is 0 Å². The lowest BCUT2D eigenvalue weighted by Crippen LogP contribution is -2.02. The zero-order valence-corrected chi connectivity index (χ0v) is 16.7. The number of hydrogen-bond donors (Lipinski definition) is 2. The van der Waals surface area contributed by atoms with Gasteiger partial charge in [0.05, 0.1) is 11.1 Å². The van der Waals surface area contributed by atoms with Crippen LogP contribution in [0.2, 0.25) is 0 Å². The summed E-state index contributed by atoms with van der Waals surface area (Å²) in [6.45, 7) is 0. The van der Waals surface area contributed by atoms with E-state index in [2.05, 4.69) is 0 Å². The summed E-state index contributed by atoms with van der Waals surface area (Å²) in [6.07, 6.45) is 0.536. The van der Waals surface area contributed by atoms with E-state index in [1.54, 1.807) is 24.3 Å². The maximum absolute atomic E-state index is 11.5. The van der Waals surface area contributed by atoms with Crippen molar-refractivity contribution in [2.75, 3.05) is 0 Å². The molecule has 0 unspecified atom stereocenters. The average molecular weight is 408 g/mol. The third-order valence-electron chi connectivity index (χ3n) is 5.26. The van der Waals surface area contributed by atoms with E-state index in [0.717, 1.165) is 33.4 Å². The summed E-state index contributed by atoms with van der Waals surface area (Å²) in [5.74, 6) is -1.95. The number of hydrogen-bond acceptors (Lipinski definition) is 2. The molecule has 0 aliphatic carbocycles. The minimum atomic E-state index is -0.973. The highest BCUT2D eigenvalue weighted by Gasteiger charge is 2.15. The van der Waals surface area contributed by atoms with Gasteiger partial charge in [0.2, 0.25) is 0 Å². The highest BCUT2D eigenvalue weighted by atomic mass is 16.4. The van der Waals surface area contributed by atoms with Gasteiger partial charge in [0.25, 0.3) is 0 Å². The van der Waals surface area contributed by atoms with Crippen LogP contribution in [-0.4, -0.2) is 22.2 Å². The first-order valence-electron chi connectivity index (χ1n) is 9.86. The van der Waals surface area contributed by atoms with E-state index < -0.39 is 11.9 Å². The number of carbonyl (C=O) groups is 2. The Morgan fingerprint density at radius 3 is 1.29 bits per heavy atom. The first-order valence-corrected chi connectivity index (χ1v) is 9.86. The van der Waals surface area contributed by atoms with Gasteiger partial charge in [-0.1, -0.05) is 72.8 Å². The second-order valence-corrected chi connectivity index (χ2v) is 7.26. The molecule has 31 heavy (non-hydrogen) atoms. The van der Waals surface area contributed by atoms with Crippen LogP contribution >= 0.6 is 0 Å². The van der Waals surface area contributed by atoms with Crippen molar-refractivity contribution in [3.63, 3.8) is 0 Å². The molecule has 0 aliphatic heterocycles. The van der Waals surface area contributed by atoms with Crippen LogP contribution in [0.4, 0.5) is 0 Å². The lowest BCUT2D eigenvalue weighted by Gasteiger charge is -2.15. The average Bonchev–Trinajstić information content (AvgIpc) is 2.80. The van der Waals surface area contributed by atoms with Crippen molar-refractivity contribution in [1.29, 1.82) is 0 Å². The zero-order chi connectivity index (χ0) is 21.8. The van der Waals surface area contributed by atoms with Gasteiger partial charge in [-0.3, -0.25) is 0 Å². The van der Waals surface area contributed by atoms with Crippen molar-refractivity contribution in [3.05, 3.63) is 119 Å². The number of benzene rings is 4. The standard InChI is InChI=1S/C27H20O4/c28-26(29)22-13-11-20(24(16-22)18-7-3-1-4-8-18)15-21-12-14-23(27(30)31)17-25(21)19-9-5-2-6-10-19/h1-14,16-17H,15H2,(H,28,29)(H,30,31). The van der Waals surface area contributed by atoms with Crippen molar-refractivity contribution in [2.24, 2.45) is 0 Å². The van der Waals surface area contributed by atoms with E-state index in [1.807, 2.05) is 72.8 Å². The molecule has 0 aromatic heterocycles. The number of carboxylic acid groups (broad SMARTS) is 2. The smallest absolute Gasteiger partial charge is 0.335 e. The van der Waals surface area contributed by atoms with Gasteiger partial charge < -0.3 is 10.2 Å². The molecule has 0 atom stereocenters. The van der Waals surface area contributed by atoms with Crippen LogP contribution in [0, 0.1) is 0 Å². The highest BCUT2D eigenvalue weighted by Crippen LogP contribution is 2.31. The van der Waals surface area contributed by atoms with E-state index in [0.29, 0.717) is 6.42 Å². The summed E-state index contributed by atoms with van der Waals surface area (Å²) in [4.78, 5) is 23.1. The third kappa shape index (κ3) is 4.38.